The number of rotatable bonds is 18. The number of aliphatic hydroxyl groups is 1. The van der Waals surface area contributed by atoms with Crippen molar-refractivity contribution in [1.82, 2.24) is 0 Å². The average Bonchev–Trinajstić information content (AvgIpc) is 3.40. The first kappa shape index (κ1) is 38.2. The summed E-state index contributed by atoms with van der Waals surface area (Å²) < 4.78 is 11.5. The molecule has 3 fully saturated rings. The van der Waals surface area contributed by atoms with Crippen molar-refractivity contribution in [3.05, 3.63) is 37.0 Å². The van der Waals surface area contributed by atoms with Crippen molar-refractivity contribution in [2.24, 2.45) is 34.0 Å². The minimum Gasteiger partial charge on any atom is -0.459 e. The molecule has 0 aromatic heterocycles. The monoisotopic (exact) mass is 640 g/mol. The van der Waals surface area contributed by atoms with Crippen molar-refractivity contribution < 1.29 is 29.0 Å². The van der Waals surface area contributed by atoms with E-state index in [1.54, 1.807) is 6.08 Å². The molecule has 0 spiro atoms. The molecule has 0 saturated heterocycles. The molecule has 3 saturated carbocycles. The number of ether oxygens (including phenoxy) is 2. The molecular weight excluding hydrogens is 576 g/mol. The fourth-order valence-corrected chi connectivity index (χ4v) is 8.99. The third-order valence-electron chi connectivity index (χ3n) is 12.3. The van der Waals surface area contributed by atoms with Gasteiger partial charge in [-0.15, -0.1) is 6.58 Å². The summed E-state index contributed by atoms with van der Waals surface area (Å²) in [5, 5.41) is 11.7. The Morgan fingerprint density at radius 1 is 0.935 bits per heavy atom. The number of aliphatic hydroxyl groups excluding tert-OH is 1. The molecule has 6 nitrogen and oxygen atoms in total. The summed E-state index contributed by atoms with van der Waals surface area (Å²) in [7, 11) is 0. The van der Waals surface area contributed by atoms with Gasteiger partial charge in [-0.2, -0.15) is 0 Å². The van der Waals surface area contributed by atoms with Crippen molar-refractivity contribution in [1.29, 1.82) is 0 Å². The van der Waals surface area contributed by atoms with Gasteiger partial charge in [0.05, 0.1) is 6.10 Å². The van der Waals surface area contributed by atoms with Crippen LogP contribution in [0.3, 0.4) is 0 Å². The Bertz CT molecular complexity index is 1080. The van der Waals surface area contributed by atoms with E-state index >= 15 is 0 Å². The second-order valence-corrected chi connectivity index (χ2v) is 15.2. The van der Waals surface area contributed by atoms with Crippen LogP contribution in [-0.4, -0.2) is 41.6 Å². The number of carbonyl (C=O) groups is 3. The number of hydrogen-bond donors (Lipinski definition) is 1. The predicted octanol–water partition coefficient (Wildman–Crippen LogP) is 9.25. The van der Waals surface area contributed by atoms with Gasteiger partial charge in [0.1, 0.15) is 11.9 Å². The summed E-state index contributed by atoms with van der Waals surface area (Å²) in [5.74, 6) is -0.958. The number of allylic oxidation sites excluding steroid dienone is 4. The van der Waals surface area contributed by atoms with Crippen LogP contribution < -0.4 is 0 Å². The molecule has 3 aliphatic rings. The Balaban J connectivity index is 1.44. The molecular formula is C40H64O6. The molecule has 3 rings (SSSR count). The molecule has 0 amide bonds. The second-order valence-electron chi connectivity index (χ2n) is 15.2. The minimum absolute atomic E-state index is 0.0782. The molecule has 0 radical (unpaired) electrons. The van der Waals surface area contributed by atoms with E-state index in [0.717, 1.165) is 64.2 Å². The summed E-state index contributed by atoms with van der Waals surface area (Å²) in [6.45, 7) is 14.2. The van der Waals surface area contributed by atoms with Gasteiger partial charge in [-0.05, 0) is 81.5 Å². The van der Waals surface area contributed by atoms with Crippen LogP contribution in [0.15, 0.2) is 37.0 Å². The molecule has 0 aromatic carbocycles. The van der Waals surface area contributed by atoms with Gasteiger partial charge < -0.3 is 14.6 Å². The first-order valence-electron chi connectivity index (χ1n) is 18.5. The lowest BCUT2D eigenvalue weighted by molar-refractivity contribution is -0.208. The van der Waals surface area contributed by atoms with Crippen molar-refractivity contribution in [3.8, 4) is 0 Å². The first-order chi connectivity index (χ1) is 22.0. The topological polar surface area (TPSA) is 89.9 Å². The van der Waals surface area contributed by atoms with Gasteiger partial charge in [0.15, 0.2) is 6.61 Å². The molecule has 46 heavy (non-hydrogen) atoms. The summed E-state index contributed by atoms with van der Waals surface area (Å²) >= 11 is 0. The zero-order valence-corrected chi connectivity index (χ0v) is 29.7. The van der Waals surface area contributed by atoms with Gasteiger partial charge in [0.2, 0.25) is 0 Å². The molecule has 2 bridgehead atoms. The SMILES string of the molecule is C=C[C@]1(C)C[C@@H](OC(=O)COC(=O)CCCCCCC/C=C/C/C=C/CCCCC)[C@]2(C)[C@H](C)CC[C@]3(CCC(=O)[C@H]32)[C@@H](C)[C@@H]1O. The van der Waals surface area contributed by atoms with Crippen LogP contribution >= 0.6 is 0 Å². The fourth-order valence-electron chi connectivity index (χ4n) is 8.99. The normalized spacial score (nSPS) is 34.3. The van der Waals surface area contributed by atoms with E-state index in [1.165, 1.54) is 25.7 Å². The smallest absolute Gasteiger partial charge is 0.344 e. The minimum atomic E-state index is -0.709. The van der Waals surface area contributed by atoms with E-state index in [4.69, 9.17) is 9.47 Å². The number of Topliss-reactive ketones (excluding diaryl/α,β-unsaturated/α-hetero) is 1. The molecule has 260 valence electrons. The lowest BCUT2D eigenvalue weighted by Crippen LogP contribution is -2.63. The Hall–Kier alpha value is -2.21. The molecule has 0 unspecified atom stereocenters. The molecule has 6 heteroatoms. The summed E-state index contributed by atoms with van der Waals surface area (Å²) in [6, 6.07) is 0. The Morgan fingerprint density at radius 3 is 2.26 bits per heavy atom. The lowest BCUT2D eigenvalue weighted by Gasteiger charge is -2.61. The Kier molecular flexibility index (Phi) is 14.8. The van der Waals surface area contributed by atoms with E-state index in [-0.39, 0.29) is 41.3 Å². The Labute approximate surface area is 279 Å². The number of unbranched alkanes of at least 4 members (excludes halogenated alkanes) is 8. The maximum absolute atomic E-state index is 13.5. The number of carbonyl (C=O) groups excluding carboxylic acids is 3. The number of esters is 2. The molecule has 8 atom stereocenters. The molecule has 0 aromatic rings. The molecule has 3 aliphatic carbocycles. The van der Waals surface area contributed by atoms with Crippen LogP contribution in [0.25, 0.3) is 0 Å². The highest BCUT2D eigenvalue weighted by molar-refractivity contribution is 5.86. The van der Waals surface area contributed by atoms with Crippen molar-refractivity contribution in [3.63, 3.8) is 0 Å². The molecule has 0 aliphatic heterocycles. The van der Waals surface area contributed by atoms with E-state index in [9.17, 15) is 19.5 Å². The maximum atomic E-state index is 13.5. The molecule has 1 N–H and O–H groups in total. The summed E-state index contributed by atoms with van der Waals surface area (Å²) in [6.07, 6.45) is 25.5. The fraction of sp³-hybridized carbons (Fsp3) is 0.775. The highest BCUT2D eigenvalue weighted by atomic mass is 16.6. The van der Waals surface area contributed by atoms with Gasteiger partial charge in [-0.3, -0.25) is 9.59 Å². The van der Waals surface area contributed by atoms with Crippen molar-refractivity contribution in [2.45, 2.75) is 156 Å². The second kappa shape index (κ2) is 17.8. The van der Waals surface area contributed by atoms with Crippen LogP contribution in [0.4, 0.5) is 0 Å². The number of ketones is 1. The van der Waals surface area contributed by atoms with Crippen LogP contribution in [0.5, 0.6) is 0 Å². The highest BCUT2D eigenvalue weighted by Crippen LogP contribution is 2.68. The van der Waals surface area contributed by atoms with Gasteiger partial charge in [-0.25, -0.2) is 4.79 Å². The predicted molar refractivity (Wildman–Crippen MR) is 185 cm³/mol. The van der Waals surface area contributed by atoms with E-state index in [2.05, 4.69) is 58.6 Å². The van der Waals surface area contributed by atoms with Gasteiger partial charge >= 0.3 is 11.9 Å². The first-order valence-corrected chi connectivity index (χ1v) is 18.5. The van der Waals surface area contributed by atoms with Crippen LogP contribution in [-0.2, 0) is 23.9 Å². The van der Waals surface area contributed by atoms with E-state index < -0.39 is 35.6 Å². The third kappa shape index (κ3) is 9.02. The van der Waals surface area contributed by atoms with Crippen LogP contribution in [0, 0.1) is 34.0 Å². The largest absolute Gasteiger partial charge is 0.459 e. The zero-order chi connectivity index (χ0) is 33.8. The Morgan fingerprint density at radius 2 is 1.59 bits per heavy atom. The standard InChI is InChI=1S/C40H64O6/c1-7-9-10-11-12-13-14-15-16-17-18-19-20-21-22-23-34(42)45-29-35(43)46-33-28-38(5,8-2)37(44)31(4)40-26-24-30(3)39(33,6)36(40)32(41)25-27-40/h8,12-13,15-16,30-31,33,36-37,44H,2,7,9-11,14,17-29H2,1,3-6H3/b13-12+,16-15+/t30-,31+,33-,36+,37+,38-,39+,40+/m1/s1. The molecule has 0 heterocycles. The van der Waals surface area contributed by atoms with Crippen molar-refractivity contribution >= 4 is 17.7 Å². The van der Waals surface area contributed by atoms with Crippen LogP contribution in [0.2, 0.25) is 0 Å². The van der Waals surface area contributed by atoms with Gasteiger partial charge in [0.25, 0.3) is 0 Å². The van der Waals surface area contributed by atoms with Gasteiger partial charge in [0, 0.05) is 29.6 Å². The van der Waals surface area contributed by atoms with Gasteiger partial charge in [-0.1, -0.05) is 97.1 Å². The summed E-state index contributed by atoms with van der Waals surface area (Å²) in [5.41, 5.74) is -1.59. The highest BCUT2D eigenvalue weighted by Gasteiger charge is 2.68. The number of hydrogen-bond acceptors (Lipinski definition) is 6. The zero-order valence-electron chi connectivity index (χ0n) is 29.7. The van der Waals surface area contributed by atoms with Crippen molar-refractivity contribution in [2.75, 3.05) is 6.61 Å². The quantitative estimate of drug-likeness (QED) is 0.0913. The maximum Gasteiger partial charge on any atom is 0.344 e. The lowest BCUT2D eigenvalue weighted by atomic mass is 9.44. The third-order valence-corrected chi connectivity index (χ3v) is 12.3. The van der Waals surface area contributed by atoms with E-state index in [0.29, 0.717) is 12.8 Å². The van der Waals surface area contributed by atoms with E-state index in [1.807, 2.05) is 6.92 Å². The average molecular weight is 641 g/mol. The summed E-state index contributed by atoms with van der Waals surface area (Å²) in [4.78, 5) is 39.1. The van der Waals surface area contributed by atoms with Crippen LogP contribution in [0.1, 0.15) is 144 Å².